The van der Waals surface area contributed by atoms with Gasteiger partial charge in [-0.3, -0.25) is 4.79 Å². The van der Waals surface area contributed by atoms with Crippen LogP contribution in [0.5, 0.6) is 5.88 Å². The summed E-state index contributed by atoms with van der Waals surface area (Å²) in [5, 5.41) is 6.28. The van der Waals surface area contributed by atoms with E-state index in [2.05, 4.69) is 35.9 Å². The molecule has 2 fully saturated rings. The third-order valence-corrected chi connectivity index (χ3v) is 9.57. The maximum Gasteiger partial charge on any atom is 0.388 e. The molecule has 1 unspecified atom stereocenters. The first kappa shape index (κ1) is 27.7. The van der Waals surface area contributed by atoms with Gasteiger partial charge in [-0.2, -0.15) is 13.8 Å². The average Bonchev–Trinajstić information content (AvgIpc) is 3.28. The molecular weight excluding hydrogens is 571 g/mol. The summed E-state index contributed by atoms with van der Waals surface area (Å²) in [7, 11) is -2.86. The van der Waals surface area contributed by atoms with Crippen LogP contribution in [0, 0.1) is 5.92 Å². The Morgan fingerprint density at radius 3 is 2.72 bits per heavy atom. The summed E-state index contributed by atoms with van der Waals surface area (Å²) in [6.07, 6.45) is -1.47. The van der Waals surface area contributed by atoms with Gasteiger partial charge in [0.25, 0.3) is 5.92 Å². The van der Waals surface area contributed by atoms with Gasteiger partial charge in [0.1, 0.15) is 16.1 Å². The van der Waals surface area contributed by atoms with Gasteiger partial charge >= 0.3 is 6.61 Å². The van der Waals surface area contributed by atoms with Crippen LogP contribution in [0.25, 0.3) is 0 Å². The van der Waals surface area contributed by atoms with E-state index < -0.39 is 65.5 Å². The van der Waals surface area contributed by atoms with Crippen LogP contribution < -0.4 is 14.8 Å². The summed E-state index contributed by atoms with van der Waals surface area (Å²) in [5.74, 6) is -4.63. The molecule has 212 valence electrons. The third-order valence-electron chi connectivity index (χ3n) is 6.60. The number of amides is 1. The molecule has 0 spiro atoms. The molecule has 17 heteroatoms. The number of carbonyl (C=O) groups excluding carboxylic acids is 1. The number of aliphatic imine (C=N–C) groups is 2. The number of halogens is 5. The molecule has 2 aromatic rings. The van der Waals surface area contributed by atoms with Crippen molar-refractivity contribution < 1.29 is 39.9 Å². The molecule has 0 radical (unpaired) electrons. The van der Waals surface area contributed by atoms with Crippen LogP contribution in [-0.2, 0) is 34.7 Å². The van der Waals surface area contributed by atoms with Crippen LogP contribution in [0.3, 0.4) is 0 Å². The molecule has 0 bridgehead atoms. The van der Waals surface area contributed by atoms with Crippen molar-refractivity contribution in [3.63, 3.8) is 0 Å². The Bertz CT molecular complexity index is 1440. The molecule has 0 aromatic carbocycles. The van der Waals surface area contributed by atoms with Crippen molar-refractivity contribution in [3.05, 3.63) is 16.5 Å². The summed E-state index contributed by atoms with van der Waals surface area (Å²) in [5.41, 5.74) is 0.386. The number of nitrogens with one attached hydrogen (secondary N) is 2. The van der Waals surface area contributed by atoms with E-state index in [0.29, 0.717) is 23.3 Å². The second-order valence-electron chi connectivity index (χ2n) is 9.67. The Morgan fingerprint density at radius 1 is 1.36 bits per heavy atom. The fourth-order valence-corrected chi connectivity index (χ4v) is 7.74. The molecule has 3 atom stereocenters. The molecule has 2 saturated carbocycles. The molecule has 3 aliphatic rings. The van der Waals surface area contributed by atoms with Gasteiger partial charge in [0.15, 0.2) is 5.82 Å². The van der Waals surface area contributed by atoms with Crippen molar-refractivity contribution in [1.29, 1.82) is 0 Å². The normalized spacial score (nSPS) is 23.9. The van der Waals surface area contributed by atoms with E-state index in [9.17, 15) is 35.2 Å². The molecule has 2 heterocycles. The number of hydrogen-bond acceptors (Lipinski definition) is 8. The second kappa shape index (κ2) is 10.3. The van der Waals surface area contributed by atoms with Crippen LogP contribution in [0.1, 0.15) is 36.1 Å². The number of aromatic nitrogens is 2. The maximum absolute atomic E-state index is 13.4. The average molecular weight is 595 g/mol. The van der Waals surface area contributed by atoms with Crippen LogP contribution in [0.2, 0.25) is 0 Å². The Kier molecular flexibility index (Phi) is 7.28. The lowest BCUT2D eigenvalue weighted by Crippen LogP contribution is -2.50. The Balaban J connectivity index is 1.38. The molecule has 39 heavy (non-hydrogen) atoms. The monoisotopic (exact) mass is 594 g/mol. The number of ether oxygens (including phenoxy) is 1. The minimum atomic E-state index is -4.32. The number of anilines is 1. The van der Waals surface area contributed by atoms with Gasteiger partial charge in [0.05, 0.1) is 18.0 Å². The topological polar surface area (TPSA) is 127 Å². The van der Waals surface area contributed by atoms with Gasteiger partial charge < -0.3 is 10.1 Å². The lowest BCUT2D eigenvalue weighted by Gasteiger charge is -2.35. The predicted molar refractivity (Wildman–Crippen MR) is 129 cm³/mol. The SMILES string of the molecule is Cn1nc(OC(F)F)cc1N=C=NC1CCc2sc(NC(=O)[C@H]3C[C@@H]3F)c(S(=O)(=O)NC3CC(F)(F)C3)c2C1. The molecule has 5 rings (SSSR count). The Labute approximate surface area is 223 Å². The van der Waals surface area contributed by atoms with Crippen LogP contribution in [0.4, 0.5) is 32.8 Å². The minimum Gasteiger partial charge on any atom is -0.415 e. The smallest absolute Gasteiger partial charge is 0.388 e. The van der Waals surface area contributed by atoms with Crippen molar-refractivity contribution in [3.8, 4) is 5.88 Å². The molecule has 0 aliphatic heterocycles. The summed E-state index contributed by atoms with van der Waals surface area (Å²) >= 11 is 1.05. The van der Waals surface area contributed by atoms with E-state index in [0.717, 1.165) is 11.3 Å². The van der Waals surface area contributed by atoms with Gasteiger partial charge in [0, 0.05) is 36.9 Å². The molecular formula is C22H23F5N6O4S2. The standard InChI is InChI=1S/C22H23F5N6O4S2/c1-33-16(6-17(31-33)37-21(24)25)29-9-28-10-2-3-15-13(4-10)18(20(38-15)30-19(34)12-5-14(12)23)39(35,36)32-11-7-22(26,27)8-11/h6,10-12,14,21,32H,2-5,7-8H2,1H3,(H,30,34)/t10?,12-,14-/m0/s1. The molecule has 0 saturated heterocycles. The van der Waals surface area contributed by atoms with E-state index in [1.807, 2.05) is 0 Å². The van der Waals surface area contributed by atoms with E-state index in [4.69, 9.17) is 0 Å². The highest BCUT2D eigenvalue weighted by atomic mass is 32.2. The number of aryl methyl sites for hydroxylation is 2. The summed E-state index contributed by atoms with van der Waals surface area (Å²) in [6.45, 7) is -3.05. The zero-order chi connectivity index (χ0) is 28.1. The lowest BCUT2D eigenvalue weighted by atomic mass is 9.89. The zero-order valence-corrected chi connectivity index (χ0v) is 22.0. The highest BCUT2D eigenvalue weighted by Gasteiger charge is 2.48. The summed E-state index contributed by atoms with van der Waals surface area (Å²) in [4.78, 5) is 21.1. The highest BCUT2D eigenvalue weighted by molar-refractivity contribution is 7.90. The molecule has 10 nitrogen and oxygen atoms in total. The van der Waals surface area contributed by atoms with Crippen molar-refractivity contribution in [1.82, 2.24) is 14.5 Å². The third kappa shape index (κ3) is 6.15. The first-order chi connectivity index (χ1) is 18.3. The number of alkyl halides is 5. The van der Waals surface area contributed by atoms with Gasteiger partial charge in [0.2, 0.25) is 21.8 Å². The Morgan fingerprint density at radius 2 is 2.08 bits per heavy atom. The first-order valence-corrected chi connectivity index (χ1v) is 14.3. The summed E-state index contributed by atoms with van der Waals surface area (Å²) < 4.78 is 99.3. The minimum absolute atomic E-state index is 0.0161. The number of rotatable bonds is 9. The van der Waals surface area contributed by atoms with Crippen molar-refractivity contribution in [2.75, 3.05) is 5.32 Å². The number of sulfonamides is 1. The van der Waals surface area contributed by atoms with Crippen LogP contribution in [-0.4, -0.2) is 60.9 Å². The number of carbonyl (C=O) groups is 1. The maximum atomic E-state index is 13.4. The number of thiophene rings is 1. The van der Waals surface area contributed by atoms with E-state index in [1.165, 1.54) is 17.8 Å². The van der Waals surface area contributed by atoms with E-state index in [1.54, 1.807) is 0 Å². The van der Waals surface area contributed by atoms with Crippen molar-refractivity contribution in [2.24, 2.45) is 23.0 Å². The highest BCUT2D eigenvalue weighted by Crippen LogP contribution is 2.44. The van der Waals surface area contributed by atoms with E-state index in [-0.39, 0.29) is 34.4 Å². The molecule has 2 aromatic heterocycles. The number of fused-ring (bicyclic) bond motifs is 1. The predicted octanol–water partition coefficient (Wildman–Crippen LogP) is 3.82. The van der Waals surface area contributed by atoms with Gasteiger partial charge in [-0.15, -0.1) is 16.4 Å². The molecule has 3 aliphatic carbocycles. The Hall–Kier alpha value is -2.88. The second-order valence-corrected chi connectivity index (χ2v) is 12.4. The molecule has 2 N–H and O–H groups in total. The molecule has 1 amide bonds. The van der Waals surface area contributed by atoms with Gasteiger partial charge in [-0.25, -0.2) is 36.0 Å². The van der Waals surface area contributed by atoms with E-state index >= 15 is 0 Å². The van der Waals surface area contributed by atoms with Gasteiger partial charge in [-0.05, 0) is 31.2 Å². The number of hydrogen-bond donors (Lipinski definition) is 2. The van der Waals surface area contributed by atoms with Crippen molar-refractivity contribution in [2.45, 2.75) is 74.2 Å². The van der Waals surface area contributed by atoms with Crippen LogP contribution >= 0.6 is 11.3 Å². The van der Waals surface area contributed by atoms with Crippen LogP contribution in [0.15, 0.2) is 20.9 Å². The quantitative estimate of drug-likeness (QED) is 0.337. The fourth-order valence-electron chi connectivity index (χ4n) is 4.53. The fraction of sp³-hybridized carbons (Fsp3) is 0.591. The zero-order valence-electron chi connectivity index (χ0n) is 20.3. The van der Waals surface area contributed by atoms with Crippen molar-refractivity contribution >= 4 is 44.1 Å². The van der Waals surface area contributed by atoms with Gasteiger partial charge in [-0.1, -0.05) is 0 Å². The lowest BCUT2D eigenvalue weighted by molar-refractivity contribution is -0.117. The summed E-state index contributed by atoms with van der Waals surface area (Å²) in [6, 6.07) is 2.23. The number of nitrogens with zero attached hydrogens (tertiary/aromatic N) is 4. The largest absolute Gasteiger partial charge is 0.415 e. The first-order valence-electron chi connectivity index (χ1n) is 12.0.